The molecule has 0 amide bonds. The van der Waals surface area contributed by atoms with Gasteiger partial charge < -0.3 is 0 Å². The molecule has 90 valence electrons. The summed E-state index contributed by atoms with van der Waals surface area (Å²) in [5, 5.41) is 1.97. The van der Waals surface area contributed by atoms with Crippen LogP contribution in [-0.2, 0) is 9.59 Å². The normalized spacial score (nSPS) is 10.1. The topological polar surface area (TPSA) is 58.9 Å². The first-order valence-electron chi connectivity index (χ1n) is 5.44. The fourth-order valence-corrected chi connectivity index (χ4v) is 3.06. The maximum Gasteiger partial charge on any atom is 0.240 e. The zero-order chi connectivity index (χ0) is 13.2. The van der Waals surface area contributed by atoms with Crippen LogP contribution in [0, 0.1) is 0 Å². The van der Waals surface area contributed by atoms with Crippen molar-refractivity contribution in [1.29, 1.82) is 0 Å². The number of fused-ring (bicyclic) bond motifs is 3. The van der Waals surface area contributed by atoms with Gasteiger partial charge in [-0.1, -0.05) is 0 Å². The first-order chi connectivity index (χ1) is 9.31. The monoisotopic (exact) mass is 266 g/mol. The van der Waals surface area contributed by atoms with Crippen LogP contribution < -0.4 is 0 Å². The molecule has 0 aliphatic heterocycles. The Morgan fingerprint density at radius 1 is 0.789 bits per heavy atom. The Hall–Kier alpha value is -2.58. The molecule has 0 aliphatic carbocycles. The summed E-state index contributed by atoms with van der Waals surface area (Å²) >= 11 is 1.63. The van der Waals surface area contributed by atoms with Crippen molar-refractivity contribution < 1.29 is 9.59 Å². The lowest BCUT2D eigenvalue weighted by Gasteiger charge is -1.94. The van der Waals surface area contributed by atoms with E-state index in [0.717, 1.165) is 20.2 Å². The minimum atomic E-state index is 0.562. The van der Waals surface area contributed by atoms with Gasteiger partial charge in [0.2, 0.25) is 12.2 Å². The third-order valence-corrected chi connectivity index (χ3v) is 3.94. The minimum absolute atomic E-state index is 0.562. The second-order valence-electron chi connectivity index (χ2n) is 3.87. The molecular formula is C14H6N2O2S. The fourth-order valence-electron chi connectivity index (χ4n) is 2.00. The summed E-state index contributed by atoms with van der Waals surface area (Å²) in [5.74, 6) is 0. The molecule has 2 aromatic carbocycles. The summed E-state index contributed by atoms with van der Waals surface area (Å²) in [6, 6.07) is 11.0. The predicted octanol–water partition coefficient (Wildman–Crippen LogP) is 3.99. The molecule has 5 heteroatoms. The van der Waals surface area contributed by atoms with E-state index in [9.17, 15) is 9.59 Å². The van der Waals surface area contributed by atoms with Gasteiger partial charge in [0.25, 0.3) is 0 Å². The van der Waals surface area contributed by atoms with Gasteiger partial charge in [-0.05, 0) is 36.4 Å². The quantitative estimate of drug-likeness (QED) is 0.520. The van der Waals surface area contributed by atoms with Crippen LogP contribution in [0.4, 0.5) is 11.4 Å². The van der Waals surface area contributed by atoms with Crippen molar-refractivity contribution in [2.24, 2.45) is 9.98 Å². The third kappa shape index (κ3) is 1.98. The van der Waals surface area contributed by atoms with E-state index < -0.39 is 0 Å². The predicted molar refractivity (Wildman–Crippen MR) is 74.9 cm³/mol. The highest BCUT2D eigenvalue weighted by atomic mass is 32.1. The number of carbonyl (C=O) groups excluding carboxylic acids is 2. The highest BCUT2D eigenvalue weighted by Gasteiger charge is 2.06. The van der Waals surface area contributed by atoms with Crippen LogP contribution in [0.2, 0.25) is 0 Å². The van der Waals surface area contributed by atoms with Crippen molar-refractivity contribution >= 4 is 55.0 Å². The number of hydrogen-bond acceptors (Lipinski definition) is 5. The molecule has 0 spiro atoms. The molecule has 4 nitrogen and oxygen atoms in total. The summed E-state index contributed by atoms with van der Waals surface area (Å²) < 4.78 is 2.18. The smallest absolute Gasteiger partial charge is 0.211 e. The van der Waals surface area contributed by atoms with Crippen LogP contribution in [0.1, 0.15) is 0 Å². The molecule has 0 saturated carbocycles. The Bertz CT molecular complexity index is 813. The van der Waals surface area contributed by atoms with E-state index in [0.29, 0.717) is 11.4 Å². The van der Waals surface area contributed by atoms with Gasteiger partial charge in [-0.25, -0.2) is 9.59 Å². The van der Waals surface area contributed by atoms with E-state index in [2.05, 4.69) is 9.98 Å². The highest BCUT2D eigenvalue weighted by Crippen LogP contribution is 2.37. The van der Waals surface area contributed by atoms with Crippen LogP contribution in [0.3, 0.4) is 0 Å². The number of hydrogen-bond donors (Lipinski definition) is 0. The van der Waals surface area contributed by atoms with Crippen LogP contribution in [0.5, 0.6) is 0 Å². The van der Waals surface area contributed by atoms with Gasteiger partial charge in [-0.2, -0.15) is 9.98 Å². The lowest BCUT2D eigenvalue weighted by atomic mass is 10.1. The molecule has 3 aromatic rings. The van der Waals surface area contributed by atoms with Crippen molar-refractivity contribution in [2.45, 2.75) is 0 Å². The largest absolute Gasteiger partial charge is 0.240 e. The van der Waals surface area contributed by atoms with Gasteiger partial charge in [-0.15, -0.1) is 11.3 Å². The molecular weight excluding hydrogens is 260 g/mol. The minimum Gasteiger partial charge on any atom is -0.211 e. The van der Waals surface area contributed by atoms with Crippen LogP contribution >= 0.6 is 11.3 Å². The van der Waals surface area contributed by atoms with Gasteiger partial charge in [0, 0.05) is 20.2 Å². The Labute approximate surface area is 111 Å². The van der Waals surface area contributed by atoms with Crippen molar-refractivity contribution in [3.8, 4) is 0 Å². The number of aliphatic imine (C=N–C) groups is 2. The van der Waals surface area contributed by atoms with Gasteiger partial charge in [0.1, 0.15) is 0 Å². The maximum atomic E-state index is 10.3. The number of isocyanates is 2. The molecule has 0 unspecified atom stereocenters. The zero-order valence-corrected chi connectivity index (χ0v) is 10.4. The summed E-state index contributed by atoms with van der Waals surface area (Å²) in [6.45, 7) is 0. The van der Waals surface area contributed by atoms with Crippen molar-refractivity contribution in [2.75, 3.05) is 0 Å². The molecule has 0 N–H and O–H groups in total. The Morgan fingerprint density at radius 2 is 1.26 bits per heavy atom. The second kappa shape index (κ2) is 4.59. The lowest BCUT2D eigenvalue weighted by Crippen LogP contribution is -1.68. The SMILES string of the molecule is O=C=Nc1ccc2sc3ccc(N=C=O)cc3c2c1. The number of thiophene rings is 1. The molecule has 0 aliphatic rings. The van der Waals surface area contributed by atoms with Crippen molar-refractivity contribution in [3.63, 3.8) is 0 Å². The van der Waals surface area contributed by atoms with E-state index in [1.54, 1.807) is 23.5 Å². The van der Waals surface area contributed by atoms with Gasteiger partial charge in [0.15, 0.2) is 0 Å². The number of nitrogens with zero attached hydrogens (tertiary/aromatic N) is 2. The van der Waals surface area contributed by atoms with Crippen molar-refractivity contribution in [1.82, 2.24) is 0 Å². The number of rotatable bonds is 2. The zero-order valence-electron chi connectivity index (χ0n) is 9.58. The Balaban J connectivity index is 2.36. The Morgan fingerprint density at radius 3 is 1.68 bits per heavy atom. The average molecular weight is 266 g/mol. The summed E-state index contributed by atoms with van der Waals surface area (Å²) in [5.41, 5.74) is 1.12. The summed E-state index contributed by atoms with van der Waals surface area (Å²) in [7, 11) is 0. The standard InChI is InChI=1S/C14H6N2O2S/c17-7-15-9-1-3-13-11(5-9)12-6-10(16-8-18)2-4-14(12)19-13/h1-6H. The fraction of sp³-hybridized carbons (Fsp3) is 0. The molecule has 0 saturated heterocycles. The van der Waals surface area contributed by atoms with Gasteiger partial charge in [0.05, 0.1) is 11.4 Å². The summed E-state index contributed by atoms with van der Waals surface area (Å²) in [4.78, 5) is 27.8. The molecule has 0 fully saturated rings. The molecule has 0 atom stereocenters. The molecule has 0 radical (unpaired) electrons. The van der Waals surface area contributed by atoms with E-state index >= 15 is 0 Å². The molecule has 1 heterocycles. The van der Waals surface area contributed by atoms with Crippen LogP contribution in [0.15, 0.2) is 46.4 Å². The molecule has 1 aromatic heterocycles. The molecule has 0 bridgehead atoms. The third-order valence-electron chi connectivity index (χ3n) is 2.79. The van der Waals surface area contributed by atoms with E-state index in [-0.39, 0.29) is 0 Å². The maximum absolute atomic E-state index is 10.3. The second-order valence-corrected chi connectivity index (χ2v) is 4.95. The molecule has 19 heavy (non-hydrogen) atoms. The van der Waals surface area contributed by atoms with Crippen LogP contribution in [-0.4, -0.2) is 12.2 Å². The first kappa shape index (κ1) is 11.5. The van der Waals surface area contributed by atoms with Crippen LogP contribution in [0.25, 0.3) is 20.2 Å². The highest BCUT2D eigenvalue weighted by molar-refractivity contribution is 7.25. The van der Waals surface area contributed by atoms with E-state index in [1.807, 2.05) is 24.3 Å². The first-order valence-corrected chi connectivity index (χ1v) is 6.25. The van der Waals surface area contributed by atoms with Crippen molar-refractivity contribution in [3.05, 3.63) is 36.4 Å². The lowest BCUT2D eigenvalue weighted by molar-refractivity contribution is 0.564. The van der Waals surface area contributed by atoms with Gasteiger partial charge >= 0.3 is 0 Å². The van der Waals surface area contributed by atoms with E-state index in [1.165, 1.54) is 12.2 Å². The van der Waals surface area contributed by atoms with Gasteiger partial charge in [-0.3, -0.25) is 0 Å². The summed E-state index contributed by atoms with van der Waals surface area (Å²) in [6.07, 6.45) is 3.06. The number of benzene rings is 2. The Kier molecular flexibility index (Phi) is 2.78. The van der Waals surface area contributed by atoms with E-state index in [4.69, 9.17) is 0 Å². The molecule has 3 rings (SSSR count). The average Bonchev–Trinajstić information content (AvgIpc) is 2.77.